The largest absolute Gasteiger partial charge is 0.478 e. The maximum atomic E-state index is 12.9. The number of hydrogen-bond acceptors (Lipinski definition) is 4. The summed E-state index contributed by atoms with van der Waals surface area (Å²) in [6.45, 7) is 6.17. The summed E-state index contributed by atoms with van der Waals surface area (Å²) >= 11 is 0. The first-order valence-corrected chi connectivity index (χ1v) is 11.1. The fourth-order valence-corrected chi connectivity index (χ4v) is 4.50. The van der Waals surface area contributed by atoms with E-state index in [0.717, 1.165) is 17.4 Å². The molecule has 1 aliphatic heterocycles. The molecule has 2 unspecified atom stereocenters. The number of ether oxygens (including phenoxy) is 1. The molecule has 0 aliphatic carbocycles. The highest BCUT2D eigenvalue weighted by Crippen LogP contribution is 2.34. The highest BCUT2D eigenvalue weighted by molar-refractivity contribution is 7.92. The number of para-hydroxylation sites is 2. The van der Waals surface area contributed by atoms with Crippen molar-refractivity contribution in [3.8, 4) is 5.75 Å². The number of anilines is 1. The molecule has 1 aliphatic rings. The van der Waals surface area contributed by atoms with Crippen LogP contribution in [0.25, 0.3) is 0 Å². The van der Waals surface area contributed by atoms with Gasteiger partial charge in [-0.25, -0.2) is 8.42 Å². The Labute approximate surface area is 166 Å². The molecule has 0 aromatic heterocycles. The van der Waals surface area contributed by atoms with E-state index in [0.29, 0.717) is 11.4 Å². The van der Waals surface area contributed by atoms with E-state index in [1.165, 1.54) is 9.87 Å². The summed E-state index contributed by atoms with van der Waals surface area (Å²) in [7, 11) is -3.47. The average molecular weight is 403 g/mol. The number of rotatable bonds is 4. The predicted octanol–water partition coefficient (Wildman–Crippen LogP) is 3.10. The fourth-order valence-electron chi connectivity index (χ4n) is 3.55. The number of sulfonamides is 1. The Hall–Kier alpha value is -2.54. The third-order valence-corrected chi connectivity index (χ3v) is 6.12. The van der Waals surface area contributed by atoms with Gasteiger partial charge < -0.3 is 10.1 Å². The van der Waals surface area contributed by atoms with Crippen molar-refractivity contribution in [2.75, 3.05) is 17.1 Å². The van der Waals surface area contributed by atoms with Gasteiger partial charge in [-0.1, -0.05) is 35.9 Å². The summed E-state index contributed by atoms with van der Waals surface area (Å²) in [6.07, 6.45) is 0.667. The SMILES string of the molecule is Cc1ccc(C(C)NC(=O)C2CCN(S(C)(=O)=O)c3ccccc3O2)c(C)c1. The normalized spacial score (nSPS) is 17.9. The molecule has 0 radical (unpaired) electrons. The molecule has 1 heterocycles. The van der Waals surface area contributed by atoms with Gasteiger partial charge in [-0.05, 0) is 44.0 Å². The van der Waals surface area contributed by atoms with Crippen molar-refractivity contribution in [1.82, 2.24) is 5.32 Å². The Morgan fingerprint density at radius 3 is 2.61 bits per heavy atom. The van der Waals surface area contributed by atoms with Crippen LogP contribution in [-0.2, 0) is 14.8 Å². The number of amides is 1. The lowest BCUT2D eigenvalue weighted by atomic mass is 10.00. The van der Waals surface area contributed by atoms with Crippen LogP contribution < -0.4 is 14.4 Å². The summed E-state index contributed by atoms with van der Waals surface area (Å²) in [5.74, 6) is 0.141. The summed E-state index contributed by atoms with van der Waals surface area (Å²) in [5, 5.41) is 3.01. The van der Waals surface area contributed by atoms with E-state index >= 15 is 0 Å². The molecule has 0 saturated heterocycles. The number of carbonyl (C=O) groups is 1. The van der Waals surface area contributed by atoms with Crippen LogP contribution in [0.15, 0.2) is 42.5 Å². The Kier molecular flexibility index (Phi) is 5.65. The Bertz CT molecular complexity index is 988. The maximum Gasteiger partial charge on any atom is 0.261 e. The summed E-state index contributed by atoms with van der Waals surface area (Å²) in [4.78, 5) is 12.9. The first-order chi connectivity index (χ1) is 13.2. The third-order valence-electron chi connectivity index (χ3n) is 4.94. The van der Waals surface area contributed by atoms with Crippen molar-refractivity contribution in [1.29, 1.82) is 0 Å². The minimum atomic E-state index is -3.47. The van der Waals surface area contributed by atoms with Gasteiger partial charge in [0.1, 0.15) is 5.75 Å². The molecule has 0 fully saturated rings. The quantitative estimate of drug-likeness (QED) is 0.853. The minimum Gasteiger partial charge on any atom is -0.478 e. The van der Waals surface area contributed by atoms with Gasteiger partial charge in [0.05, 0.1) is 18.0 Å². The van der Waals surface area contributed by atoms with Crippen LogP contribution in [0, 0.1) is 13.8 Å². The molecule has 1 N–H and O–H groups in total. The van der Waals surface area contributed by atoms with Crippen LogP contribution in [0.2, 0.25) is 0 Å². The van der Waals surface area contributed by atoms with E-state index in [9.17, 15) is 13.2 Å². The predicted molar refractivity (Wildman–Crippen MR) is 110 cm³/mol. The molecule has 7 heteroatoms. The highest BCUT2D eigenvalue weighted by atomic mass is 32.2. The first kappa shape index (κ1) is 20.2. The lowest BCUT2D eigenvalue weighted by Crippen LogP contribution is -2.41. The van der Waals surface area contributed by atoms with Gasteiger partial charge >= 0.3 is 0 Å². The molecule has 0 saturated carbocycles. The van der Waals surface area contributed by atoms with Crippen LogP contribution in [0.4, 0.5) is 5.69 Å². The van der Waals surface area contributed by atoms with E-state index < -0.39 is 16.1 Å². The molecule has 2 aromatic rings. The van der Waals surface area contributed by atoms with Crippen LogP contribution in [-0.4, -0.2) is 33.2 Å². The van der Waals surface area contributed by atoms with Crippen LogP contribution in [0.3, 0.4) is 0 Å². The van der Waals surface area contributed by atoms with Crippen LogP contribution in [0.5, 0.6) is 5.75 Å². The van der Waals surface area contributed by atoms with Crippen molar-refractivity contribution < 1.29 is 17.9 Å². The lowest BCUT2D eigenvalue weighted by Gasteiger charge is -2.21. The van der Waals surface area contributed by atoms with Gasteiger partial charge in [0, 0.05) is 13.0 Å². The number of nitrogens with zero attached hydrogens (tertiary/aromatic N) is 1. The van der Waals surface area contributed by atoms with Gasteiger partial charge in [0.2, 0.25) is 10.0 Å². The van der Waals surface area contributed by atoms with Gasteiger partial charge in [-0.2, -0.15) is 0 Å². The number of carbonyl (C=O) groups excluding carboxylic acids is 1. The maximum absolute atomic E-state index is 12.9. The monoisotopic (exact) mass is 402 g/mol. The molecule has 1 amide bonds. The number of nitrogens with one attached hydrogen (secondary N) is 1. The van der Waals surface area contributed by atoms with E-state index in [4.69, 9.17) is 4.74 Å². The zero-order valence-corrected chi connectivity index (χ0v) is 17.4. The van der Waals surface area contributed by atoms with Crippen molar-refractivity contribution >= 4 is 21.6 Å². The van der Waals surface area contributed by atoms with Crippen molar-refractivity contribution in [2.24, 2.45) is 0 Å². The first-order valence-electron chi connectivity index (χ1n) is 9.27. The smallest absolute Gasteiger partial charge is 0.261 e. The minimum absolute atomic E-state index is 0.179. The van der Waals surface area contributed by atoms with E-state index in [-0.39, 0.29) is 24.9 Å². The Morgan fingerprint density at radius 2 is 1.93 bits per heavy atom. The second kappa shape index (κ2) is 7.83. The second-order valence-corrected chi connectivity index (χ2v) is 9.20. The van der Waals surface area contributed by atoms with Crippen molar-refractivity contribution in [3.63, 3.8) is 0 Å². The second-order valence-electron chi connectivity index (χ2n) is 7.29. The van der Waals surface area contributed by atoms with E-state index in [2.05, 4.69) is 11.4 Å². The molecule has 3 rings (SSSR count). The average Bonchev–Trinajstić information content (AvgIpc) is 2.81. The zero-order valence-electron chi connectivity index (χ0n) is 16.6. The fraction of sp³-hybridized carbons (Fsp3) is 0.381. The van der Waals surface area contributed by atoms with Crippen molar-refractivity contribution in [2.45, 2.75) is 39.3 Å². The summed E-state index contributed by atoms with van der Waals surface area (Å²) in [6, 6.07) is 12.8. The molecular weight excluding hydrogens is 376 g/mol. The summed E-state index contributed by atoms with van der Waals surface area (Å²) in [5.41, 5.74) is 3.79. The molecule has 28 heavy (non-hydrogen) atoms. The Morgan fingerprint density at radius 1 is 1.21 bits per heavy atom. The van der Waals surface area contributed by atoms with Gasteiger partial charge in [-0.15, -0.1) is 0 Å². The summed E-state index contributed by atoms with van der Waals surface area (Å²) < 4.78 is 31.6. The van der Waals surface area contributed by atoms with Gasteiger partial charge in [-0.3, -0.25) is 9.10 Å². The third kappa shape index (κ3) is 4.30. The zero-order chi connectivity index (χ0) is 20.5. The number of aryl methyl sites for hydroxylation is 2. The molecule has 0 spiro atoms. The molecular formula is C21H26N2O4S. The molecule has 2 atom stereocenters. The molecule has 2 aromatic carbocycles. The topological polar surface area (TPSA) is 75.7 Å². The number of fused-ring (bicyclic) bond motifs is 1. The number of hydrogen-bond donors (Lipinski definition) is 1. The molecule has 150 valence electrons. The molecule has 0 bridgehead atoms. The highest BCUT2D eigenvalue weighted by Gasteiger charge is 2.31. The van der Waals surface area contributed by atoms with Crippen molar-refractivity contribution in [3.05, 3.63) is 59.2 Å². The van der Waals surface area contributed by atoms with Gasteiger partial charge in [0.25, 0.3) is 5.91 Å². The van der Waals surface area contributed by atoms with Crippen LogP contribution >= 0.6 is 0 Å². The lowest BCUT2D eigenvalue weighted by molar-refractivity contribution is -0.128. The number of benzene rings is 2. The van der Waals surface area contributed by atoms with E-state index in [1.54, 1.807) is 24.3 Å². The molecule has 6 nitrogen and oxygen atoms in total. The van der Waals surface area contributed by atoms with E-state index in [1.807, 2.05) is 32.9 Å². The van der Waals surface area contributed by atoms with Gasteiger partial charge in [0.15, 0.2) is 6.10 Å². The Balaban J connectivity index is 1.80. The standard InChI is InChI=1S/C21H26N2O4S/c1-14-9-10-17(15(2)13-14)16(3)22-21(24)20-11-12-23(28(4,25)26)18-7-5-6-8-19(18)27-20/h5-10,13,16,20H,11-12H2,1-4H3,(H,22,24). The van der Waals surface area contributed by atoms with Crippen LogP contribution in [0.1, 0.15) is 36.1 Å².